The Morgan fingerprint density at radius 1 is 1.65 bits per heavy atom. The largest absolute Gasteiger partial charge is 0.373 e. The SMILES string of the molecule is C=C/C(=C\C=C/C)C1COCc2cc(=O)nc(NC)n21. The molecule has 0 bridgehead atoms. The molecule has 0 radical (unpaired) electrons. The second-order valence-corrected chi connectivity index (χ2v) is 4.46. The molecule has 1 aromatic rings. The monoisotopic (exact) mass is 273 g/mol. The molecule has 5 heteroatoms. The predicted octanol–water partition coefficient (Wildman–Crippen LogP) is 2.04. The highest BCUT2D eigenvalue weighted by molar-refractivity contribution is 5.35. The molecular formula is C15H19N3O2. The number of allylic oxidation sites excluding steroid dienone is 4. The quantitative estimate of drug-likeness (QED) is 0.853. The molecule has 20 heavy (non-hydrogen) atoms. The second kappa shape index (κ2) is 6.34. The van der Waals surface area contributed by atoms with E-state index >= 15 is 0 Å². The summed E-state index contributed by atoms with van der Waals surface area (Å²) in [6, 6.07) is 1.48. The van der Waals surface area contributed by atoms with Crippen LogP contribution >= 0.6 is 0 Å². The van der Waals surface area contributed by atoms with Crippen molar-refractivity contribution in [2.24, 2.45) is 0 Å². The average molecular weight is 273 g/mol. The molecule has 0 aliphatic carbocycles. The molecule has 0 saturated heterocycles. The van der Waals surface area contributed by atoms with Crippen molar-refractivity contribution in [1.82, 2.24) is 9.55 Å². The van der Waals surface area contributed by atoms with Gasteiger partial charge in [-0.3, -0.25) is 4.79 Å². The number of hydrogen-bond acceptors (Lipinski definition) is 4. The Bertz CT molecular complexity index is 594. The van der Waals surface area contributed by atoms with Crippen molar-refractivity contribution < 1.29 is 4.74 Å². The fourth-order valence-electron chi connectivity index (χ4n) is 2.29. The highest BCUT2D eigenvalue weighted by atomic mass is 16.5. The molecule has 1 N–H and O–H groups in total. The fourth-order valence-corrected chi connectivity index (χ4v) is 2.29. The first-order valence-corrected chi connectivity index (χ1v) is 6.54. The van der Waals surface area contributed by atoms with Gasteiger partial charge in [0.2, 0.25) is 5.95 Å². The lowest BCUT2D eigenvalue weighted by Gasteiger charge is -2.31. The van der Waals surface area contributed by atoms with Crippen molar-refractivity contribution >= 4 is 5.95 Å². The fraction of sp³-hybridized carbons (Fsp3) is 0.333. The molecule has 1 aliphatic rings. The summed E-state index contributed by atoms with van der Waals surface area (Å²) < 4.78 is 7.60. The van der Waals surface area contributed by atoms with Crippen LogP contribution in [0.3, 0.4) is 0 Å². The van der Waals surface area contributed by atoms with Crippen molar-refractivity contribution in [2.75, 3.05) is 19.0 Å². The number of fused-ring (bicyclic) bond motifs is 1. The van der Waals surface area contributed by atoms with Crippen LogP contribution in [0.15, 0.2) is 47.3 Å². The van der Waals surface area contributed by atoms with Gasteiger partial charge in [0.25, 0.3) is 5.56 Å². The van der Waals surface area contributed by atoms with Crippen molar-refractivity contribution in [3.8, 4) is 0 Å². The number of nitrogens with zero attached hydrogens (tertiary/aromatic N) is 2. The molecule has 0 fully saturated rings. The van der Waals surface area contributed by atoms with Gasteiger partial charge < -0.3 is 14.6 Å². The van der Waals surface area contributed by atoms with Gasteiger partial charge in [0.05, 0.1) is 24.9 Å². The minimum atomic E-state index is -0.262. The molecular weight excluding hydrogens is 254 g/mol. The Morgan fingerprint density at radius 3 is 3.10 bits per heavy atom. The van der Waals surface area contributed by atoms with Crippen LogP contribution in [0.5, 0.6) is 0 Å². The topological polar surface area (TPSA) is 56.1 Å². The lowest BCUT2D eigenvalue weighted by Crippen LogP contribution is -2.31. The van der Waals surface area contributed by atoms with Crippen molar-refractivity contribution in [1.29, 1.82) is 0 Å². The van der Waals surface area contributed by atoms with E-state index in [1.165, 1.54) is 6.07 Å². The van der Waals surface area contributed by atoms with E-state index in [9.17, 15) is 4.79 Å². The van der Waals surface area contributed by atoms with Gasteiger partial charge in [-0.1, -0.05) is 30.9 Å². The zero-order chi connectivity index (χ0) is 14.5. The summed E-state index contributed by atoms with van der Waals surface area (Å²) >= 11 is 0. The Hall–Kier alpha value is -2.14. The summed E-state index contributed by atoms with van der Waals surface area (Å²) in [6.07, 6.45) is 7.71. The number of aromatic nitrogens is 2. The highest BCUT2D eigenvalue weighted by Gasteiger charge is 2.24. The lowest BCUT2D eigenvalue weighted by atomic mass is 10.1. The van der Waals surface area contributed by atoms with Crippen molar-refractivity contribution in [2.45, 2.75) is 19.6 Å². The van der Waals surface area contributed by atoms with E-state index in [2.05, 4.69) is 16.9 Å². The van der Waals surface area contributed by atoms with Crippen LogP contribution in [0.4, 0.5) is 5.95 Å². The van der Waals surface area contributed by atoms with Gasteiger partial charge in [-0.15, -0.1) is 0 Å². The molecule has 1 aromatic heterocycles. The molecule has 0 amide bonds. The van der Waals surface area contributed by atoms with Gasteiger partial charge in [-0.25, -0.2) is 0 Å². The zero-order valence-corrected chi connectivity index (χ0v) is 11.8. The van der Waals surface area contributed by atoms with E-state index < -0.39 is 0 Å². The van der Waals surface area contributed by atoms with Crippen LogP contribution in [-0.4, -0.2) is 23.2 Å². The van der Waals surface area contributed by atoms with Crippen LogP contribution in [-0.2, 0) is 11.3 Å². The van der Waals surface area contributed by atoms with Gasteiger partial charge in [0.15, 0.2) is 0 Å². The molecule has 5 nitrogen and oxygen atoms in total. The van der Waals surface area contributed by atoms with Crippen LogP contribution in [0.2, 0.25) is 0 Å². The molecule has 2 rings (SSSR count). The molecule has 106 valence electrons. The maximum absolute atomic E-state index is 11.6. The maximum Gasteiger partial charge on any atom is 0.274 e. The van der Waals surface area contributed by atoms with Crippen LogP contribution in [0.1, 0.15) is 18.7 Å². The summed E-state index contributed by atoms with van der Waals surface area (Å²) in [5, 5.41) is 2.98. The van der Waals surface area contributed by atoms with Crippen molar-refractivity contribution in [3.63, 3.8) is 0 Å². The van der Waals surface area contributed by atoms with Crippen LogP contribution < -0.4 is 10.9 Å². The van der Waals surface area contributed by atoms with E-state index in [0.717, 1.165) is 11.3 Å². The molecule has 0 aromatic carbocycles. The molecule has 1 aliphatic heterocycles. The standard InChI is InChI=1S/C15H19N3O2/c1-4-6-7-11(5-2)13-10-20-9-12-8-14(19)17-15(16-3)18(12)13/h4-8,13H,2,9-10H2,1,3H3,(H,16,17,19)/b6-4-,11-7+. The van der Waals surface area contributed by atoms with E-state index in [1.807, 2.05) is 29.7 Å². The van der Waals surface area contributed by atoms with Crippen LogP contribution in [0.25, 0.3) is 0 Å². The molecule has 1 unspecified atom stereocenters. The second-order valence-electron chi connectivity index (χ2n) is 4.46. The Balaban J connectivity index is 2.56. The Kier molecular flexibility index (Phi) is 4.53. The first-order valence-electron chi connectivity index (χ1n) is 6.54. The highest BCUT2D eigenvalue weighted by Crippen LogP contribution is 2.28. The number of rotatable bonds is 4. The third-order valence-electron chi connectivity index (χ3n) is 3.21. The van der Waals surface area contributed by atoms with E-state index in [4.69, 9.17) is 4.74 Å². The summed E-state index contributed by atoms with van der Waals surface area (Å²) in [5.41, 5.74) is 1.58. The average Bonchev–Trinajstić information content (AvgIpc) is 2.46. The van der Waals surface area contributed by atoms with Gasteiger partial charge in [-0.05, 0) is 12.5 Å². The number of anilines is 1. The molecule has 1 atom stereocenters. The normalized spacial score (nSPS) is 18.9. The van der Waals surface area contributed by atoms with Gasteiger partial charge in [0, 0.05) is 13.1 Å². The lowest BCUT2D eigenvalue weighted by molar-refractivity contribution is 0.0683. The number of nitrogens with one attached hydrogen (secondary N) is 1. The van der Waals surface area contributed by atoms with Gasteiger partial charge in [0.1, 0.15) is 0 Å². The summed E-state index contributed by atoms with van der Waals surface area (Å²) in [4.78, 5) is 15.6. The minimum Gasteiger partial charge on any atom is -0.373 e. The van der Waals surface area contributed by atoms with E-state index in [-0.39, 0.29) is 11.6 Å². The zero-order valence-electron chi connectivity index (χ0n) is 11.8. The first kappa shape index (κ1) is 14.3. The van der Waals surface area contributed by atoms with Gasteiger partial charge in [-0.2, -0.15) is 4.98 Å². The number of ether oxygens (including phenoxy) is 1. The summed E-state index contributed by atoms with van der Waals surface area (Å²) in [7, 11) is 1.75. The molecule has 2 heterocycles. The minimum absolute atomic E-state index is 0.0389. The predicted molar refractivity (Wildman–Crippen MR) is 79.8 cm³/mol. The smallest absolute Gasteiger partial charge is 0.274 e. The Morgan fingerprint density at radius 2 is 2.45 bits per heavy atom. The van der Waals surface area contributed by atoms with Gasteiger partial charge >= 0.3 is 0 Å². The Labute approximate surface area is 118 Å². The summed E-state index contributed by atoms with van der Waals surface area (Å²) in [6.45, 7) is 6.76. The molecule has 0 spiro atoms. The third kappa shape index (κ3) is 2.72. The maximum atomic E-state index is 11.6. The first-order chi connectivity index (χ1) is 9.71. The van der Waals surface area contributed by atoms with Crippen molar-refractivity contribution in [3.05, 3.63) is 58.6 Å². The van der Waals surface area contributed by atoms with E-state index in [0.29, 0.717) is 19.2 Å². The molecule has 0 saturated carbocycles. The summed E-state index contributed by atoms with van der Waals surface area (Å²) in [5.74, 6) is 0.550. The third-order valence-corrected chi connectivity index (χ3v) is 3.21. The van der Waals surface area contributed by atoms with E-state index in [1.54, 1.807) is 13.1 Å². The number of hydrogen-bond donors (Lipinski definition) is 1. The van der Waals surface area contributed by atoms with Crippen LogP contribution in [0, 0.1) is 0 Å².